The second kappa shape index (κ2) is 6.35. The third-order valence-electron chi connectivity index (χ3n) is 2.86. The smallest absolute Gasteiger partial charge is 0.243 e. The van der Waals surface area contributed by atoms with Crippen LogP contribution in [0.25, 0.3) is 10.2 Å². The number of carbonyl (C=O) groups excluding carboxylic acids is 1. The van der Waals surface area contributed by atoms with Crippen molar-refractivity contribution in [2.24, 2.45) is 0 Å². The summed E-state index contributed by atoms with van der Waals surface area (Å²) in [7, 11) is 0. The molecular weight excluding hydrogens is 280 g/mol. The van der Waals surface area contributed by atoms with Crippen LogP contribution in [0.2, 0.25) is 0 Å². The van der Waals surface area contributed by atoms with Crippen LogP contribution in [0.4, 0.5) is 5.13 Å². The first-order valence-electron chi connectivity index (χ1n) is 6.44. The summed E-state index contributed by atoms with van der Waals surface area (Å²) in [6.45, 7) is 3.83. The Balaban J connectivity index is 2.18. The van der Waals surface area contributed by atoms with Gasteiger partial charge in [-0.3, -0.25) is 4.79 Å². The molecule has 19 heavy (non-hydrogen) atoms. The molecule has 0 aliphatic heterocycles. The average molecular weight is 297 g/mol. The van der Waals surface area contributed by atoms with Crippen molar-refractivity contribution in [2.75, 3.05) is 5.32 Å². The van der Waals surface area contributed by atoms with E-state index in [4.69, 9.17) is 11.6 Å². The molecule has 0 radical (unpaired) electrons. The molecule has 0 fully saturated rings. The Morgan fingerprint density at radius 3 is 3.00 bits per heavy atom. The summed E-state index contributed by atoms with van der Waals surface area (Å²) in [5, 5.41) is 2.79. The maximum atomic E-state index is 11.5. The van der Waals surface area contributed by atoms with Gasteiger partial charge in [-0.05, 0) is 37.5 Å². The van der Waals surface area contributed by atoms with Gasteiger partial charge >= 0.3 is 0 Å². The van der Waals surface area contributed by atoms with Gasteiger partial charge in [-0.2, -0.15) is 0 Å². The number of hydrogen-bond donors (Lipinski definition) is 1. The first-order valence-corrected chi connectivity index (χ1v) is 7.70. The van der Waals surface area contributed by atoms with Crippen molar-refractivity contribution in [3.63, 3.8) is 0 Å². The fraction of sp³-hybridized carbons (Fsp3) is 0.429. The summed E-state index contributed by atoms with van der Waals surface area (Å²) in [5.74, 6) is -0.216. The zero-order chi connectivity index (χ0) is 13.8. The number of anilines is 1. The number of unbranched alkanes of at least 4 members (excludes halogenated alkanes) is 1. The van der Waals surface area contributed by atoms with E-state index in [0.29, 0.717) is 5.13 Å². The van der Waals surface area contributed by atoms with Gasteiger partial charge in [-0.15, -0.1) is 11.6 Å². The van der Waals surface area contributed by atoms with Crippen LogP contribution >= 0.6 is 22.9 Å². The first-order chi connectivity index (χ1) is 9.10. The highest BCUT2D eigenvalue weighted by Crippen LogP contribution is 2.27. The number of fused-ring (bicyclic) bond motifs is 1. The molecule has 0 bridgehead atoms. The Kier molecular flexibility index (Phi) is 4.77. The lowest BCUT2D eigenvalue weighted by atomic mass is 10.1. The minimum Gasteiger partial charge on any atom is -0.301 e. The number of rotatable bonds is 5. The molecular formula is C14H17ClN2OS. The number of hydrogen-bond acceptors (Lipinski definition) is 3. The molecule has 0 spiro atoms. The molecule has 1 aromatic carbocycles. The zero-order valence-electron chi connectivity index (χ0n) is 11.1. The van der Waals surface area contributed by atoms with Gasteiger partial charge in [0.05, 0.1) is 10.2 Å². The predicted molar refractivity (Wildman–Crippen MR) is 82.2 cm³/mol. The minimum absolute atomic E-state index is 0.216. The average Bonchev–Trinajstić information content (AvgIpc) is 2.77. The number of nitrogens with zero attached hydrogens (tertiary/aromatic N) is 1. The molecule has 1 atom stereocenters. The fourth-order valence-electron chi connectivity index (χ4n) is 1.76. The lowest BCUT2D eigenvalue weighted by Crippen LogP contribution is -2.19. The van der Waals surface area contributed by atoms with Crippen LogP contribution in [-0.4, -0.2) is 16.3 Å². The van der Waals surface area contributed by atoms with E-state index in [9.17, 15) is 4.79 Å². The van der Waals surface area contributed by atoms with E-state index < -0.39 is 5.38 Å². The van der Waals surface area contributed by atoms with Crippen molar-refractivity contribution < 1.29 is 4.79 Å². The summed E-state index contributed by atoms with van der Waals surface area (Å²) in [6.07, 6.45) is 3.47. The Morgan fingerprint density at radius 2 is 2.32 bits per heavy atom. The van der Waals surface area contributed by atoms with Crippen LogP contribution in [0.15, 0.2) is 18.2 Å². The van der Waals surface area contributed by atoms with E-state index in [1.54, 1.807) is 6.92 Å². The number of carbonyl (C=O) groups is 1. The lowest BCUT2D eigenvalue weighted by molar-refractivity contribution is -0.115. The number of amides is 1. The molecule has 2 rings (SSSR count). The van der Waals surface area contributed by atoms with Crippen LogP contribution in [-0.2, 0) is 11.2 Å². The molecule has 102 valence electrons. The largest absolute Gasteiger partial charge is 0.301 e. The molecule has 0 aliphatic rings. The fourth-order valence-corrected chi connectivity index (χ4v) is 2.75. The number of benzene rings is 1. The van der Waals surface area contributed by atoms with Gasteiger partial charge in [0, 0.05) is 0 Å². The predicted octanol–water partition coefficient (Wildman–Crippen LogP) is 4.20. The number of alkyl halides is 1. The molecule has 0 saturated heterocycles. The monoisotopic (exact) mass is 296 g/mol. The molecule has 0 aliphatic carbocycles. The van der Waals surface area contributed by atoms with E-state index in [1.807, 2.05) is 6.07 Å². The second-order valence-electron chi connectivity index (χ2n) is 4.53. The summed E-state index contributed by atoms with van der Waals surface area (Å²) in [5.41, 5.74) is 2.24. The molecule has 1 amide bonds. The summed E-state index contributed by atoms with van der Waals surface area (Å²) in [4.78, 5) is 15.9. The molecule has 0 saturated carbocycles. The van der Waals surface area contributed by atoms with Gasteiger partial charge in [0.15, 0.2) is 5.13 Å². The van der Waals surface area contributed by atoms with Crippen molar-refractivity contribution in [1.29, 1.82) is 0 Å². The van der Waals surface area contributed by atoms with Gasteiger partial charge in [0.25, 0.3) is 0 Å². The molecule has 2 aromatic rings. The van der Waals surface area contributed by atoms with Crippen molar-refractivity contribution in [3.8, 4) is 0 Å². The van der Waals surface area contributed by atoms with E-state index in [-0.39, 0.29) is 5.91 Å². The number of aryl methyl sites for hydroxylation is 1. The highest BCUT2D eigenvalue weighted by atomic mass is 35.5. The van der Waals surface area contributed by atoms with Crippen molar-refractivity contribution in [2.45, 2.75) is 38.5 Å². The van der Waals surface area contributed by atoms with Gasteiger partial charge in [-0.25, -0.2) is 4.98 Å². The van der Waals surface area contributed by atoms with E-state index >= 15 is 0 Å². The summed E-state index contributed by atoms with van der Waals surface area (Å²) in [6, 6.07) is 6.27. The quantitative estimate of drug-likeness (QED) is 0.840. The van der Waals surface area contributed by atoms with E-state index in [0.717, 1.165) is 16.6 Å². The van der Waals surface area contributed by atoms with E-state index in [2.05, 4.69) is 29.4 Å². The van der Waals surface area contributed by atoms with Gasteiger partial charge in [0.1, 0.15) is 5.38 Å². The molecule has 5 heteroatoms. The van der Waals surface area contributed by atoms with Crippen LogP contribution in [0, 0.1) is 0 Å². The summed E-state index contributed by atoms with van der Waals surface area (Å²) < 4.78 is 1.10. The SMILES string of the molecule is CCCCc1ccc2nc(NC(=O)[C@@H](C)Cl)sc2c1. The Hall–Kier alpha value is -1.13. The minimum atomic E-state index is -0.549. The second-order valence-corrected chi connectivity index (χ2v) is 6.22. The third kappa shape index (κ3) is 3.67. The maximum Gasteiger partial charge on any atom is 0.243 e. The summed E-state index contributed by atoms with van der Waals surface area (Å²) >= 11 is 7.21. The van der Waals surface area contributed by atoms with Crippen LogP contribution < -0.4 is 5.32 Å². The lowest BCUT2D eigenvalue weighted by Gasteiger charge is -2.01. The van der Waals surface area contributed by atoms with Gasteiger partial charge in [0.2, 0.25) is 5.91 Å². The molecule has 1 N–H and O–H groups in total. The Morgan fingerprint density at radius 1 is 1.53 bits per heavy atom. The van der Waals surface area contributed by atoms with E-state index in [1.165, 1.54) is 29.7 Å². The van der Waals surface area contributed by atoms with Gasteiger partial charge < -0.3 is 5.32 Å². The van der Waals surface area contributed by atoms with Crippen molar-refractivity contribution in [3.05, 3.63) is 23.8 Å². The van der Waals surface area contributed by atoms with Gasteiger partial charge in [-0.1, -0.05) is 30.7 Å². The molecule has 1 aromatic heterocycles. The molecule has 1 heterocycles. The molecule has 0 unspecified atom stereocenters. The number of nitrogens with one attached hydrogen (secondary N) is 1. The van der Waals surface area contributed by atoms with Crippen molar-refractivity contribution in [1.82, 2.24) is 4.98 Å². The van der Waals surface area contributed by atoms with Crippen molar-refractivity contribution >= 4 is 44.2 Å². The highest BCUT2D eigenvalue weighted by molar-refractivity contribution is 7.22. The molecule has 3 nitrogen and oxygen atoms in total. The number of aromatic nitrogens is 1. The topological polar surface area (TPSA) is 42.0 Å². The zero-order valence-corrected chi connectivity index (χ0v) is 12.6. The highest BCUT2D eigenvalue weighted by Gasteiger charge is 2.12. The third-order valence-corrected chi connectivity index (χ3v) is 4.00. The van der Waals surface area contributed by atoms with Crippen LogP contribution in [0.1, 0.15) is 32.3 Å². The Labute approximate surface area is 122 Å². The number of halogens is 1. The standard InChI is InChI=1S/C14H17ClN2OS/c1-3-4-5-10-6-7-11-12(8-10)19-14(16-11)17-13(18)9(2)15/h6-9H,3-5H2,1-2H3,(H,16,17,18)/t9-/m1/s1. The maximum absolute atomic E-state index is 11.5. The van der Waals surface area contributed by atoms with Crippen LogP contribution in [0.5, 0.6) is 0 Å². The van der Waals surface area contributed by atoms with Crippen LogP contribution in [0.3, 0.4) is 0 Å². The Bertz CT molecular complexity index is 580. The normalized spacial score (nSPS) is 12.6. The number of thiazole rings is 1. The first kappa shape index (κ1) is 14.3.